The van der Waals surface area contributed by atoms with Crippen molar-refractivity contribution in [1.82, 2.24) is 0 Å². The Morgan fingerprint density at radius 2 is 2.20 bits per heavy atom. The van der Waals surface area contributed by atoms with Gasteiger partial charge in [-0.3, -0.25) is 24.6 Å². The summed E-state index contributed by atoms with van der Waals surface area (Å²) in [7, 11) is 0. The smallest absolute Gasteiger partial charge is 0.271 e. The third kappa shape index (κ3) is 2.61. The Kier molecular flexibility index (Phi) is 3.69. The molecule has 2 rings (SSSR count). The van der Waals surface area contributed by atoms with Crippen LogP contribution in [0, 0.1) is 16.0 Å². The van der Waals surface area contributed by atoms with Gasteiger partial charge in [-0.15, -0.1) is 0 Å². The van der Waals surface area contributed by atoms with Crippen LogP contribution in [0.3, 0.4) is 0 Å². The van der Waals surface area contributed by atoms with Crippen LogP contribution in [0.5, 0.6) is 5.75 Å². The van der Waals surface area contributed by atoms with Crippen molar-refractivity contribution in [3.8, 4) is 5.75 Å². The number of nitro benzene ring substituents is 1. The fourth-order valence-electron chi connectivity index (χ4n) is 1.82. The van der Waals surface area contributed by atoms with Crippen LogP contribution in [0.4, 0.5) is 11.4 Å². The number of anilines is 1. The van der Waals surface area contributed by atoms with Gasteiger partial charge in [0.05, 0.1) is 17.2 Å². The molecular weight excluding hydrogens is 264 g/mol. The zero-order chi connectivity index (χ0) is 14.9. The molecule has 0 N–H and O–H groups in total. The minimum atomic E-state index is -0.554. The van der Waals surface area contributed by atoms with E-state index in [1.807, 2.05) is 0 Å². The molecule has 0 aliphatic carbocycles. The number of carbonyl (C=O) groups excluding carboxylic acids is 2. The van der Waals surface area contributed by atoms with Gasteiger partial charge in [0, 0.05) is 18.1 Å². The Morgan fingerprint density at radius 3 is 2.80 bits per heavy atom. The topological polar surface area (TPSA) is 89.8 Å². The molecule has 0 radical (unpaired) electrons. The quantitative estimate of drug-likeness (QED) is 0.615. The van der Waals surface area contributed by atoms with Gasteiger partial charge in [-0.2, -0.15) is 0 Å². The van der Waals surface area contributed by atoms with Gasteiger partial charge in [0.2, 0.25) is 0 Å². The van der Waals surface area contributed by atoms with Crippen LogP contribution in [-0.4, -0.2) is 29.8 Å². The normalized spacial score (nSPS) is 13.9. The number of fused-ring (bicyclic) bond motifs is 1. The molecule has 0 saturated carbocycles. The van der Waals surface area contributed by atoms with E-state index in [0.29, 0.717) is 5.75 Å². The molecule has 1 amide bonds. The summed E-state index contributed by atoms with van der Waals surface area (Å²) in [5, 5.41) is 10.8. The van der Waals surface area contributed by atoms with E-state index in [-0.39, 0.29) is 42.1 Å². The summed E-state index contributed by atoms with van der Waals surface area (Å²) < 4.78 is 5.22. The minimum Gasteiger partial charge on any atom is -0.482 e. The first kappa shape index (κ1) is 14.0. The molecule has 106 valence electrons. The van der Waals surface area contributed by atoms with Crippen molar-refractivity contribution in [3.05, 3.63) is 28.3 Å². The lowest BCUT2D eigenvalue weighted by Gasteiger charge is -2.29. The number of rotatable bonds is 4. The van der Waals surface area contributed by atoms with Gasteiger partial charge < -0.3 is 4.74 Å². The highest BCUT2D eigenvalue weighted by molar-refractivity contribution is 6.03. The molecule has 1 aromatic rings. The lowest BCUT2D eigenvalue weighted by molar-refractivity contribution is -0.384. The van der Waals surface area contributed by atoms with Gasteiger partial charge in [0.1, 0.15) is 5.75 Å². The average Bonchev–Trinajstić information content (AvgIpc) is 2.41. The van der Waals surface area contributed by atoms with Crippen molar-refractivity contribution in [3.63, 3.8) is 0 Å². The number of ether oxygens (including phenoxy) is 1. The van der Waals surface area contributed by atoms with E-state index < -0.39 is 4.92 Å². The molecule has 0 unspecified atom stereocenters. The lowest BCUT2D eigenvalue weighted by Crippen LogP contribution is -2.42. The summed E-state index contributed by atoms with van der Waals surface area (Å²) >= 11 is 0. The monoisotopic (exact) mass is 278 g/mol. The van der Waals surface area contributed by atoms with Crippen molar-refractivity contribution in [2.24, 2.45) is 5.92 Å². The Hall–Kier alpha value is -2.44. The second-order valence-corrected chi connectivity index (χ2v) is 4.80. The summed E-state index contributed by atoms with van der Waals surface area (Å²) in [6.45, 7) is 3.20. The molecule has 0 bridgehead atoms. The van der Waals surface area contributed by atoms with Crippen LogP contribution in [0.15, 0.2) is 18.2 Å². The highest BCUT2D eigenvalue weighted by atomic mass is 16.6. The molecule has 0 fully saturated rings. The number of hydrogen-bond donors (Lipinski definition) is 0. The fraction of sp³-hybridized carbons (Fsp3) is 0.385. The maximum atomic E-state index is 11.9. The Bertz CT molecular complexity index is 582. The molecule has 0 spiro atoms. The van der Waals surface area contributed by atoms with Crippen molar-refractivity contribution < 1.29 is 19.2 Å². The van der Waals surface area contributed by atoms with Gasteiger partial charge in [0.15, 0.2) is 12.4 Å². The SMILES string of the molecule is CC(C)C(=O)CN1C(=O)COc2ccc([N+](=O)[O-])cc21. The molecule has 1 aliphatic heterocycles. The fourth-order valence-corrected chi connectivity index (χ4v) is 1.82. The summed E-state index contributed by atoms with van der Waals surface area (Å²) in [6, 6.07) is 3.99. The predicted octanol–water partition coefficient (Wildman–Crippen LogP) is 1.55. The number of benzene rings is 1. The molecule has 7 nitrogen and oxygen atoms in total. The Labute approximate surface area is 115 Å². The predicted molar refractivity (Wildman–Crippen MR) is 70.8 cm³/mol. The molecular formula is C13H14N2O5. The second-order valence-electron chi connectivity index (χ2n) is 4.80. The van der Waals surface area contributed by atoms with Crippen LogP contribution in [0.25, 0.3) is 0 Å². The molecule has 1 aliphatic rings. The molecule has 1 aromatic carbocycles. The number of hydrogen-bond acceptors (Lipinski definition) is 5. The molecule has 0 atom stereocenters. The van der Waals surface area contributed by atoms with Crippen molar-refractivity contribution in [1.29, 1.82) is 0 Å². The van der Waals surface area contributed by atoms with Crippen LogP contribution >= 0.6 is 0 Å². The zero-order valence-corrected chi connectivity index (χ0v) is 11.2. The molecule has 1 heterocycles. The number of nitro groups is 1. The van der Waals surface area contributed by atoms with E-state index >= 15 is 0 Å². The summed E-state index contributed by atoms with van der Waals surface area (Å²) in [6.07, 6.45) is 0. The number of non-ortho nitro benzene ring substituents is 1. The summed E-state index contributed by atoms with van der Waals surface area (Å²) in [4.78, 5) is 35.2. The standard InChI is InChI=1S/C13H14N2O5/c1-8(2)11(16)6-14-10-5-9(15(18)19)3-4-12(10)20-7-13(14)17/h3-5,8H,6-7H2,1-2H3. The van der Waals surface area contributed by atoms with Crippen molar-refractivity contribution >= 4 is 23.1 Å². The van der Waals surface area contributed by atoms with E-state index in [1.54, 1.807) is 13.8 Å². The van der Waals surface area contributed by atoms with Crippen LogP contribution in [-0.2, 0) is 9.59 Å². The molecule has 0 saturated heterocycles. The average molecular weight is 278 g/mol. The Balaban J connectivity index is 2.39. The summed E-state index contributed by atoms with van der Waals surface area (Å²) in [5.74, 6) is -0.343. The molecule has 20 heavy (non-hydrogen) atoms. The first-order valence-corrected chi connectivity index (χ1v) is 6.14. The lowest BCUT2D eigenvalue weighted by atomic mass is 10.1. The third-order valence-corrected chi connectivity index (χ3v) is 3.05. The van der Waals surface area contributed by atoms with E-state index in [4.69, 9.17) is 4.74 Å². The minimum absolute atomic E-state index is 0.103. The number of amides is 1. The van der Waals surface area contributed by atoms with Crippen LogP contribution in [0.1, 0.15) is 13.8 Å². The maximum absolute atomic E-state index is 11.9. The van der Waals surface area contributed by atoms with Crippen molar-refractivity contribution in [2.45, 2.75) is 13.8 Å². The van der Waals surface area contributed by atoms with E-state index in [9.17, 15) is 19.7 Å². The second kappa shape index (κ2) is 5.28. The van der Waals surface area contributed by atoms with Crippen LogP contribution < -0.4 is 9.64 Å². The first-order valence-electron chi connectivity index (χ1n) is 6.14. The van der Waals surface area contributed by atoms with Gasteiger partial charge in [0.25, 0.3) is 11.6 Å². The number of Topliss-reactive ketones (excluding diaryl/α,β-unsaturated/α-hetero) is 1. The van der Waals surface area contributed by atoms with E-state index in [2.05, 4.69) is 0 Å². The number of ketones is 1. The molecule has 7 heteroatoms. The van der Waals surface area contributed by atoms with E-state index in [0.717, 1.165) is 0 Å². The van der Waals surface area contributed by atoms with E-state index in [1.165, 1.54) is 23.1 Å². The third-order valence-electron chi connectivity index (χ3n) is 3.05. The summed E-state index contributed by atoms with van der Waals surface area (Å²) in [5.41, 5.74) is 0.119. The van der Waals surface area contributed by atoms with Crippen LogP contribution in [0.2, 0.25) is 0 Å². The van der Waals surface area contributed by atoms with Crippen molar-refractivity contribution in [2.75, 3.05) is 18.1 Å². The number of carbonyl (C=O) groups is 2. The zero-order valence-electron chi connectivity index (χ0n) is 11.2. The van der Waals surface area contributed by atoms with Gasteiger partial charge >= 0.3 is 0 Å². The Morgan fingerprint density at radius 1 is 1.50 bits per heavy atom. The maximum Gasteiger partial charge on any atom is 0.271 e. The molecule has 0 aromatic heterocycles. The number of nitrogens with zero attached hydrogens (tertiary/aromatic N) is 2. The van der Waals surface area contributed by atoms with Gasteiger partial charge in [-0.05, 0) is 6.07 Å². The highest BCUT2D eigenvalue weighted by Crippen LogP contribution is 2.35. The highest BCUT2D eigenvalue weighted by Gasteiger charge is 2.29. The largest absolute Gasteiger partial charge is 0.482 e. The van der Waals surface area contributed by atoms with Gasteiger partial charge in [-0.25, -0.2) is 0 Å². The first-order chi connectivity index (χ1) is 9.40. The van der Waals surface area contributed by atoms with Gasteiger partial charge in [-0.1, -0.05) is 13.8 Å².